The SMILES string of the molecule is COc1ccc(C(O)=C2C(=O)C(=O)N(Cc3ccncc3)[C@@H]2c2ccc(Cl)c(Cl)c2)cc1F. The molecule has 1 aromatic heterocycles. The van der Waals surface area contributed by atoms with Gasteiger partial charge in [0, 0.05) is 24.5 Å². The number of Topliss-reactive ketones (excluding diaryl/α,β-unsaturated/α-hetero) is 1. The Kier molecular flexibility index (Phi) is 6.35. The van der Waals surface area contributed by atoms with Crippen molar-refractivity contribution < 1.29 is 23.8 Å². The Labute approximate surface area is 198 Å². The number of nitrogens with zero attached hydrogens (tertiary/aromatic N) is 2. The van der Waals surface area contributed by atoms with Crippen molar-refractivity contribution >= 4 is 40.7 Å². The van der Waals surface area contributed by atoms with Gasteiger partial charge in [-0.2, -0.15) is 0 Å². The predicted octanol–water partition coefficient (Wildman–Crippen LogP) is 5.16. The molecule has 1 saturated heterocycles. The highest BCUT2D eigenvalue weighted by Crippen LogP contribution is 2.42. The maximum Gasteiger partial charge on any atom is 0.295 e. The molecular weight excluding hydrogens is 470 g/mol. The van der Waals surface area contributed by atoms with Gasteiger partial charge in [0.25, 0.3) is 11.7 Å². The van der Waals surface area contributed by atoms with Gasteiger partial charge in [-0.1, -0.05) is 29.3 Å². The van der Waals surface area contributed by atoms with E-state index in [-0.39, 0.29) is 28.5 Å². The van der Waals surface area contributed by atoms with Crippen molar-refractivity contribution in [3.8, 4) is 5.75 Å². The number of pyridine rings is 1. The van der Waals surface area contributed by atoms with Crippen molar-refractivity contribution in [2.45, 2.75) is 12.6 Å². The number of hydrogen-bond donors (Lipinski definition) is 1. The van der Waals surface area contributed by atoms with Gasteiger partial charge < -0.3 is 14.7 Å². The van der Waals surface area contributed by atoms with Crippen LogP contribution in [0.4, 0.5) is 4.39 Å². The minimum atomic E-state index is -0.974. The lowest BCUT2D eigenvalue weighted by Gasteiger charge is -2.25. The van der Waals surface area contributed by atoms with Crippen LogP contribution >= 0.6 is 23.2 Å². The molecule has 33 heavy (non-hydrogen) atoms. The summed E-state index contributed by atoms with van der Waals surface area (Å²) >= 11 is 12.3. The van der Waals surface area contributed by atoms with Crippen molar-refractivity contribution in [3.63, 3.8) is 0 Å². The minimum absolute atomic E-state index is 0.0225. The molecule has 6 nitrogen and oxygen atoms in total. The van der Waals surface area contributed by atoms with Gasteiger partial charge in [-0.3, -0.25) is 14.6 Å². The van der Waals surface area contributed by atoms with Gasteiger partial charge in [0.2, 0.25) is 0 Å². The van der Waals surface area contributed by atoms with Gasteiger partial charge in [-0.15, -0.1) is 0 Å². The molecule has 0 unspecified atom stereocenters. The number of rotatable bonds is 5. The molecule has 1 atom stereocenters. The third-order valence-electron chi connectivity index (χ3n) is 5.33. The number of benzene rings is 2. The van der Waals surface area contributed by atoms with Crippen LogP contribution in [0.1, 0.15) is 22.7 Å². The summed E-state index contributed by atoms with van der Waals surface area (Å²) in [5.41, 5.74) is 1.04. The highest BCUT2D eigenvalue weighted by atomic mass is 35.5. The van der Waals surface area contributed by atoms with E-state index < -0.39 is 29.3 Å². The first-order chi connectivity index (χ1) is 15.8. The second-order valence-corrected chi connectivity index (χ2v) is 8.12. The number of aliphatic hydroxyl groups excluding tert-OH is 1. The lowest BCUT2D eigenvalue weighted by Crippen LogP contribution is -2.29. The van der Waals surface area contributed by atoms with E-state index in [1.54, 1.807) is 36.7 Å². The largest absolute Gasteiger partial charge is 0.507 e. The van der Waals surface area contributed by atoms with Gasteiger partial charge in [0.1, 0.15) is 5.76 Å². The van der Waals surface area contributed by atoms with E-state index >= 15 is 0 Å². The summed E-state index contributed by atoms with van der Waals surface area (Å²) in [6.45, 7) is 0.0752. The summed E-state index contributed by atoms with van der Waals surface area (Å²) < 4.78 is 19.2. The highest BCUT2D eigenvalue weighted by Gasteiger charge is 2.46. The van der Waals surface area contributed by atoms with Crippen LogP contribution in [0.15, 0.2) is 66.5 Å². The summed E-state index contributed by atoms with van der Waals surface area (Å²) in [6, 6.07) is 10.9. The van der Waals surface area contributed by atoms with Crippen molar-refractivity contribution in [2.24, 2.45) is 0 Å². The number of carbonyl (C=O) groups excluding carboxylic acids is 2. The second kappa shape index (κ2) is 9.21. The quantitative estimate of drug-likeness (QED) is 0.306. The minimum Gasteiger partial charge on any atom is -0.507 e. The molecule has 4 rings (SSSR count). The van der Waals surface area contributed by atoms with E-state index in [0.717, 1.165) is 11.6 Å². The van der Waals surface area contributed by atoms with Crippen molar-refractivity contribution in [2.75, 3.05) is 7.11 Å². The molecule has 1 aliphatic heterocycles. The van der Waals surface area contributed by atoms with Crippen LogP contribution in [-0.4, -0.2) is 33.8 Å². The third-order valence-corrected chi connectivity index (χ3v) is 6.07. The van der Waals surface area contributed by atoms with Crippen LogP contribution in [0.3, 0.4) is 0 Å². The molecule has 168 valence electrons. The number of carbonyl (C=O) groups is 2. The van der Waals surface area contributed by atoms with E-state index in [9.17, 15) is 19.1 Å². The maximum absolute atomic E-state index is 14.3. The van der Waals surface area contributed by atoms with E-state index in [4.69, 9.17) is 27.9 Å². The van der Waals surface area contributed by atoms with Gasteiger partial charge in [0.15, 0.2) is 11.6 Å². The zero-order valence-electron chi connectivity index (χ0n) is 17.3. The lowest BCUT2D eigenvalue weighted by atomic mass is 9.95. The van der Waals surface area contributed by atoms with E-state index in [0.29, 0.717) is 10.6 Å². The van der Waals surface area contributed by atoms with E-state index in [2.05, 4.69) is 4.98 Å². The Morgan fingerprint density at radius 1 is 1.09 bits per heavy atom. The van der Waals surface area contributed by atoms with E-state index in [1.165, 1.54) is 30.2 Å². The molecule has 0 bridgehead atoms. The Morgan fingerprint density at radius 2 is 1.82 bits per heavy atom. The Hall–Kier alpha value is -3.42. The highest BCUT2D eigenvalue weighted by molar-refractivity contribution is 6.46. The number of methoxy groups -OCH3 is 1. The molecule has 1 aliphatic rings. The van der Waals surface area contributed by atoms with Crippen LogP contribution in [0.5, 0.6) is 5.75 Å². The van der Waals surface area contributed by atoms with Gasteiger partial charge >= 0.3 is 0 Å². The average molecular weight is 487 g/mol. The van der Waals surface area contributed by atoms with Crippen molar-refractivity contribution in [1.82, 2.24) is 9.88 Å². The number of aromatic nitrogens is 1. The van der Waals surface area contributed by atoms with Crippen molar-refractivity contribution in [3.05, 3.63) is 99.1 Å². The molecule has 0 aliphatic carbocycles. The second-order valence-electron chi connectivity index (χ2n) is 7.31. The zero-order chi connectivity index (χ0) is 23.7. The van der Waals surface area contributed by atoms with Gasteiger partial charge in [-0.05, 0) is 53.6 Å². The zero-order valence-corrected chi connectivity index (χ0v) is 18.8. The fourth-order valence-electron chi connectivity index (χ4n) is 3.73. The fraction of sp³-hybridized carbons (Fsp3) is 0.125. The molecule has 0 radical (unpaired) electrons. The number of likely N-dealkylation sites (tertiary alicyclic amines) is 1. The number of halogens is 3. The molecule has 0 saturated carbocycles. The fourth-order valence-corrected chi connectivity index (χ4v) is 4.03. The summed E-state index contributed by atoms with van der Waals surface area (Å²) in [6.07, 6.45) is 3.14. The van der Waals surface area contributed by atoms with Crippen LogP contribution in [-0.2, 0) is 16.1 Å². The predicted molar refractivity (Wildman–Crippen MR) is 121 cm³/mol. The molecule has 2 heterocycles. The summed E-state index contributed by atoms with van der Waals surface area (Å²) in [5.74, 6) is -2.96. The molecular formula is C24H17Cl2FN2O4. The summed E-state index contributed by atoms with van der Waals surface area (Å²) in [4.78, 5) is 31.4. The number of aliphatic hydroxyl groups is 1. The van der Waals surface area contributed by atoms with Crippen LogP contribution in [0.2, 0.25) is 10.0 Å². The number of hydrogen-bond acceptors (Lipinski definition) is 5. The van der Waals surface area contributed by atoms with Crippen molar-refractivity contribution in [1.29, 1.82) is 0 Å². The van der Waals surface area contributed by atoms with E-state index in [1.807, 2.05) is 0 Å². The normalized spacial score (nSPS) is 17.5. The number of amides is 1. The van der Waals surface area contributed by atoms with Crippen LogP contribution in [0, 0.1) is 5.82 Å². The monoisotopic (exact) mass is 486 g/mol. The number of ketones is 1. The molecule has 2 aromatic carbocycles. The average Bonchev–Trinajstić information content (AvgIpc) is 3.06. The molecule has 1 amide bonds. The Bertz CT molecular complexity index is 1280. The van der Waals surface area contributed by atoms with Gasteiger partial charge in [0.05, 0.1) is 28.8 Å². The molecule has 1 N–H and O–H groups in total. The Morgan fingerprint density at radius 3 is 2.45 bits per heavy atom. The molecule has 3 aromatic rings. The Balaban J connectivity index is 1.88. The first kappa shape index (κ1) is 22.8. The topological polar surface area (TPSA) is 79.7 Å². The first-order valence-corrected chi connectivity index (χ1v) is 10.5. The maximum atomic E-state index is 14.3. The van der Waals surface area contributed by atoms with Crippen LogP contribution < -0.4 is 4.74 Å². The summed E-state index contributed by atoms with van der Waals surface area (Å²) in [7, 11) is 1.31. The molecule has 0 spiro atoms. The first-order valence-electron chi connectivity index (χ1n) is 9.78. The smallest absolute Gasteiger partial charge is 0.295 e. The summed E-state index contributed by atoms with van der Waals surface area (Å²) in [5, 5.41) is 11.6. The third kappa shape index (κ3) is 4.29. The standard InChI is InChI=1S/C24H17Cl2FN2O4/c1-33-19-5-3-15(11-18(19)27)22(30)20-21(14-2-4-16(25)17(26)10-14)29(24(32)23(20)31)12-13-6-8-28-9-7-13/h2-11,21,30H,12H2,1H3/t21-/m1/s1. The number of ether oxygens (including phenoxy) is 1. The van der Waals surface area contributed by atoms with Gasteiger partial charge in [-0.25, -0.2) is 4.39 Å². The molecule has 1 fully saturated rings. The lowest BCUT2D eigenvalue weighted by molar-refractivity contribution is -0.140. The molecule has 9 heteroatoms. The van der Waals surface area contributed by atoms with Crippen LogP contribution in [0.25, 0.3) is 5.76 Å².